The van der Waals surface area contributed by atoms with Gasteiger partial charge in [0.05, 0.1) is 6.61 Å². The Morgan fingerprint density at radius 1 is 0.319 bits per heavy atom. The second-order valence-electron chi connectivity index (χ2n) is 19.7. The van der Waals surface area contributed by atoms with Crippen LogP contribution < -0.4 is 0 Å². The van der Waals surface area contributed by atoms with Gasteiger partial charge in [-0.15, -0.1) is 0 Å². The first-order chi connectivity index (χ1) is 35.6. The number of esters is 2. The van der Waals surface area contributed by atoms with Crippen molar-refractivity contribution in [1.29, 1.82) is 0 Å². The number of allylic oxidation sites excluding steroid dienone is 20. The zero-order chi connectivity index (χ0) is 52.0. The van der Waals surface area contributed by atoms with E-state index in [4.69, 9.17) is 9.47 Å². The van der Waals surface area contributed by atoms with Crippen LogP contribution in [0.1, 0.15) is 271 Å². The summed E-state index contributed by atoms with van der Waals surface area (Å²) in [6.45, 7) is 3.92. The number of carbonyl (C=O) groups excluding carboxylic acids is 2. The maximum Gasteiger partial charge on any atom is 0.306 e. The summed E-state index contributed by atoms with van der Waals surface area (Å²) in [6, 6.07) is 0. The number of hydrogen-bond donors (Lipinski definition) is 1. The van der Waals surface area contributed by atoms with Gasteiger partial charge in [0.2, 0.25) is 0 Å². The SMILES string of the molecule is CC/C=C\C/C=C\C/C=C\C/C=C\C/C=C\CCCCCCCCCCCCCCCCCCCC(=O)OC(CO)COC(=O)CCCCCCCCCCC/C=C\C/C=C\C/C=C\C/C=C\C/C=C\CC. The van der Waals surface area contributed by atoms with Gasteiger partial charge in [-0.3, -0.25) is 9.59 Å². The van der Waals surface area contributed by atoms with Crippen molar-refractivity contribution in [3.8, 4) is 0 Å². The summed E-state index contributed by atoms with van der Waals surface area (Å²) in [5.74, 6) is -0.596. The molecule has 1 atom stereocenters. The number of carbonyl (C=O) groups is 2. The lowest BCUT2D eigenvalue weighted by Gasteiger charge is -2.15. The van der Waals surface area contributed by atoms with Crippen LogP contribution in [0.3, 0.4) is 0 Å². The van der Waals surface area contributed by atoms with E-state index in [1.807, 2.05) is 0 Å². The monoisotopic (exact) mass is 997 g/mol. The van der Waals surface area contributed by atoms with E-state index < -0.39 is 6.10 Å². The van der Waals surface area contributed by atoms with Crippen molar-refractivity contribution in [2.75, 3.05) is 13.2 Å². The van der Waals surface area contributed by atoms with Gasteiger partial charge in [0.1, 0.15) is 6.61 Å². The lowest BCUT2D eigenvalue weighted by Crippen LogP contribution is -2.28. The van der Waals surface area contributed by atoms with Crippen molar-refractivity contribution in [2.45, 2.75) is 277 Å². The fourth-order valence-corrected chi connectivity index (χ4v) is 8.32. The van der Waals surface area contributed by atoms with Crippen molar-refractivity contribution in [3.05, 3.63) is 122 Å². The molecule has 0 aliphatic carbocycles. The molecule has 5 heteroatoms. The van der Waals surface area contributed by atoms with E-state index >= 15 is 0 Å². The molecule has 0 aliphatic rings. The molecule has 0 aromatic rings. The summed E-state index contributed by atoms with van der Waals surface area (Å²) >= 11 is 0. The predicted octanol–water partition coefficient (Wildman–Crippen LogP) is 20.6. The zero-order valence-corrected chi connectivity index (χ0v) is 46.9. The molecule has 1 N–H and O–H groups in total. The summed E-state index contributed by atoms with van der Waals surface area (Å²) in [5.41, 5.74) is 0. The van der Waals surface area contributed by atoms with Crippen LogP contribution in [0.15, 0.2) is 122 Å². The average molecular weight is 998 g/mol. The lowest BCUT2D eigenvalue weighted by atomic mass is 10.0. The second-order valence-corrected chi connectivity index (χ2v) is 19.7. The first kappa shape index (κ1) is 68.3. The third-order valence-corrected chi connectivity index (χ3v) is 12.8. The molecule has 1 unspecified atom stereocenters. The van der Waals surface area contributed by atoms with Crippen LogP contribution in [0.25, 0.3) is 0 Å². The van der Waals surface area contributed by atoms with Gasteiger partial charge in [-0.1, -0.05) is 277 Å². The van der Waals surface area contributed by atoms with Crippen molar-refractivity contribution < 1.29 is 24.2 Å². The maximum atomic E-state index is 12.3. The topological polar surface area (TPSA) is 72.8 Å². The molecule has 0 radical (unpaired) electrons. The number of ether oxygens (including phenoxy) is 2. The van der Waals surface area contributed by atoms with Crippen LogP contribution >= 0.6 is 0 Å². The molecule has 0 bridgehead atoms. The molecule has 0 spiro atoms. The third kappa shape index (κ3) is 58.9. The lowest BCUT2D eigenvalue weighted by molar-refractivity contribution is -0.161. The summed E-state index contributed by atoms with van der Waals surface area (Å²) < 4.78 is 10.7. The third-order valence-electron chi connectivity index (χ3n) is 12.8. The summed E-state index contributed by atoms with van der Waals surface area (Å²) in [7, 11) is 0. The van der Waals surface area contributed by atoms with E-state index in [1.54, 1.807) is 0 Å². The van der Waals surface area contributed by atoms with E-state index in [0.717, 1.165) is 103 Å². The van der Waals surface area contributed by atoms with Crippen molar-refractivity contribution >= 4 is 11.9 Å². The molecule has 0 rings (SSSR count). The highest BCUT2D eigenvalue weighted by Gasteiger charge is 2.16. The van der Waals surface area contributed by atoms with Crippen LogP contribution in [0, 0.1) is 0 Å². The normalized spacial score (nSPS) is 13.1. The Morgan fingerprint density at radius 3 is 0.833 bits per heavy atom. The molecular formula is C67H112O5. The molecule has 5 nitrogen and oxygen atoms in total. The quantitative estimate of drug-likeness (QED) is 0.0373. The fourth-order valence-electron chi connectivity index (χ4n) is 8.32. The molecule has 0 aromatic carbocycles. The molecule has 0 saturated heterocycles. The average Bonchev–Trinajstić information content (AvgIpc) is 3.38. The molecule has 0 fully saturated rings. The van der Waals surface area contributed by atoms with Gasteiger partial charge >= 0.3 is 11.9 Å². The summed E-state index contributed by atoms with van der Waals surface area (Å²) in [4.78, 5) is 24.6. The summed E-state index contributed by atoms with van der Waals surface area (Å²) in [6.07, 6.45) is 90.4. The highest BCUT2D eigenvalue weighted by Crippen LogP contribution is 2.16. The molecule has 0 aromatic heterocycles. The van der Waals surface area contributed by atoms with Gasteiger partial charge in [0.15, 0.2) is 6.10 Å². The Balaban J connectivity index is 3.50. The van der Waals surface area contributed by atoms with E-state index in [-0.39, 0.29) is 25.2 Å². The number of rotatable bonds is 54. The van der Waals surface area contributed by atoms with Crippen molar-refractivity contribution in [1.82, 2.24) is 0 Å². The Hall–Kier alpha value is -3.70. The molecule has 72 heavy (non-hydrogen) atoms. The van der Waals surface area contributed by atoms with Gasteiger partial charge in [-0.05, 0) is 103 Å². The van der Waals surface area contributed by atoms with Gasteiger partial charge in [-0.2, -0.15) is 0 Å². The molecule has 0 heterocycles. The van der Waals surface area contributed by atoms with Crippen LogP contribution in [-0.4, -0.2) is 36.4 Å². The minimum atomic E-state index is -0.782. The molecule has 0 aliphatic heterocycles. The molecule has 0 amide bonds. The van der Waals surface area contributed by atoms with Gasteiger partial charge < -0.3 is 14.6 Å². The minimum Gasteiger partial charge on any atom is -0.462 e. The van der Waals surface area contributed by atoms with Gasteiger partial charge in [-0.25, -0.2) is 0 Å². The Kier molecular flexibility index (Phi) is 58.4. The smallest absolute Gasteiger partial charge is 0.306 e. The van der Waals surface area contributed by atoms with Crippen LogP contribution in [0.5, 0.6) is 0 Å². The summed E-state index contributed by atoms with van der Waals surface area (Å²) in [5, 5.41) is 9.67. The largest absolute Gasteiger partial charge is 0.462 e. The first-order valence-corrected chi connectivity index (χ1v) is 30.1. The first-order valence-electron chi connectivity index (χ1n) is 30.1. The van der Waals surface area contributed by atoms with Crippen LogP contribution in [0.4, 0.5) is 0 Å². The van der Waals surface area contributed by atoms with Crippen LogP contribution in [-0.2, 0) is 19.1 Å². The highest BCUT2D eigenvalue weighted by atomic mass is 16.6. The fraction of sp³-hybridized carbons (Fsp3) is 0.672. The highest BCUT2D eigenvalue weighted by molar-refractivity contribution is 5.70. The predicted molar refractivity (Wildman–Crippen MR) is 315 cm³/mol. The standard InChI is InChI=1S/C67H112O5/c1-3-5-7-9-11-13-15-17-19-21-23-25-27-29-30-31-32-33-34-35-36-38-40-42-44-46-48-50-52-54-56-58-60-62-67(70)72-65(63-68)64-71-66(69)61-59-57-55-53-51-49-47-45-43-41-39-37-28-26-24-22-20-18-16-14-12-10-8-6-4-2/h5-8,11-14,17-20,23-26,29-30,37,39,65,68H,3-4,9-10,15-16,21-22,27-28,31-36,38,40-64H2,1-2H3/b7-5-,8-6-,13-11-,14-12-,19-17-,20-18-,25-23-,26-24-,30-29-,39-37-. The number of aliphatic hydroxyl groups is 1. The number of unbranched alkanes of at least 4 members (excludes halogenated alkanes) is 26. The van der Waals surface area contributed by atoms with E-state index in [9.17, 15) is 14.7 Å². The van der Waals surface area contributed by atoms with E-state index in [1.165, 1.54) is 141 Å². The van der Waals surface area contributed by atoms with Crippen LogP contribution in [0.2, 0.25) is 0 Å². The van der Waals surface area contributed by atoms with E-state index in [2.05, 4.69) is 135 Å². The Labute approximate surface area is 445 Å². The molecule has 0 saturated carbocycles. The molecule has 410 valence electrons. The van der Waals surface area contributed by atoms with Gasteiger partial charge in [0, 0.05) is 12.8 Å². The second kappa shape index (κ2) is 61.6. The Bertz CT molecular complexity index is 1450. The van der Waals surface area contributed by atoms with Crippen molar-refractivity contribution in [3.63, 3.8) is 0 Å². The Morgan fingerprint density at radius 2 is 0.556 bits per heavy atom. The minimum absolute atomic E-state index is 0.0733. The van der Waals surface area contributed by atoms with E-state index in [0.29, 0.717) is 12.8 Å². The molecular weight excluding hydrogens is 885 g/mol. The maximum absolute atomic E-state index is 12.3. The number of hydrogen-bond acceptors (Lipinski definition) is 5. The van der Waals surface area contributed by atoms with Gasteiger partial charge in [0.25, 0.3) is 0 Å². The zero-order valence-electron chi connectivity index (χ0n) is 46.9. The number of aliphatic hydroxyl groups excluding tert-OH is 1. The van der Waals surface area contributed by atoms with Crippen molar-refractivity contribution in [2.24, 2.45) is 0 Å².